The third kappa shape index (κ3) is 2.50. The molecule has 1 spiro atoms. The fourth-order valence-corrected chi connectivity index (χ4v) is 3.12. The van der Waals surface area contributed by atoms with Crippen molar-refractivity contribution in [1.29, 1.82) is 0 Å². The minimum Gasteiger partial charge on any atom is -0.390 e. The van der Waals surface area contributed by atoms with Crippen LogP contribution in [-0.4, -0.2) is 46.4 Å². The average molecular weight is 266 g/mol. The van der Waals surface area contributed by atoms with Crippen LogP contribution in [0, 0.1) is 5.82 Å². The molecule has 0 saturated carbocycles. The number of aliphatic hydroxyl groups is 1. The molecule has 3 heterocycles. The van der Waals surface area contributed by atoms with Crippen molar-refractivity contribution in [3.05, 3.63) is 29.8 Å². The standard InChI is InChI=1S/C14H19FN2O2/c15-11-3-1-6-16-12(11)9-17-7-4-13(18)14(10-17)5-2-8-19-14/h1,3,6,13,18H,2,4-5,7-10H2/t13-,14-/m0/s1. The van der Waals surface area contributed by atoms with Gasteiger partial charge in [0.25, 0.3) is 0 Å². The molecule has 0 amide bonds. The third-order valence-corrected chi connectivity index (χ3v) is 4.16. The van der Waals surface area contributed by atoms with Crippen molar-refractivity contribution >= 4 is 0 Å². The zero-order chi connectivity index (χ0) is 13.3. The molecule has 2 atom stereocenters. The van der Waals surface area contributed by atoms with Crippen LogP contribution in [0.2, 0.25) is 0 Å². The highest BCUT2D eigenvalue weighted by Crippen LogP contribution is 2.35. The number of piperidine rings is 1. The fourth-order valence-electron chi connectivity index (χ4n) is 3.12. The number of hydrogen-bond donors (Lipinski definition) is 1. The van der Waals surface area contributed by atoms with Crippen LogP contribution in [-0.2, 0) is 11.3 Å². The maximum atomic E-state index is 13.6. The summed E-state index contributed by atoms with van der Waals surface area (Å²) in [5.41, 5.74) is 0.0239. The Morgan fingerprint density at radius 1 is 1.58 bits per heavy atom. The second kappa shape index (κ2) is 5.15. The summed E-state index contributed by atoms with van der Waals surface area (Å²) in [6.45, 7) is 2.60. The van der Waals surface area contributed by atoms with Gasteiger partial charge in [-0.2, -0.15) is 0 Å². The van der Waals surface area contributed by atoms with Gasteiger partial charge in [-0.05, 0) is 31.4 Å². The molecule has 2 aliphatic heterocycles. The number of halogens is 1. The van der Waals surface area contributed by atoms with E-state index in [0.717, 1.165) is 19.4 Å². The van der Waals surface area contributed by atoms with E-state index in [1.54, 1.807) is 12.3 Å². The van der Waals surface area contributed by atoms with Crippen LogP contribution in [0.15, 0.2) is 18.3 Å². The smallest absolute Gasteiger partial charge is 0.146 e. The first kappa shape index (κ1) is 13.0. The van der Waals surface area contributed by atoms with Crippen molar-refractivity contribution in [3.8, 4) is 0 Å². The molecule has 4 nitrogen and oxygen atoms in total. The monoisotopic (exact) mass is 266 g/mol. The topological polar surface area (TPSA) is 45.6 Å². The quantitative estimate of drug-likeness (QED) is 0.877. The first-order valence-electron chi connectivity index (χ1n) is 6.83. The zero-order valence-corrected chi connectivity index (χ0v) is 10.9. The van der Waals surface area contributed by atoms with Crippen LogP contribution < -0.4 is 0 Å². The van der Waals surface area contributed by atoms with Gasteiger partial charge in [0.1, 0.15) is 11.4 Å². The van der Waals surface area contributed by atoms with Gasteiger partial charge >= 0.3 is 0 Å². The second-order valence-corrected chi connectivity index (χ2v) is 5.46. The average Bonchev–Trinajstić information content (AvgIpc) is 2.86. The molecule has 5 heteroatoms. The summed E-state index contributed by atoms with van der Waals surface area (Å²) in [4.78, 5) is 6.21. The first-order chi connectivity index (χ1) is 9.20. The molecule has 3 rings (SSSR count). The predicted molar refractivity (Wildman–Crippen MR) is 68.0 cm³/mol. The van der Waals surface area contributed by atoms with E-state index in [9.17, 15) is 9.50 Å². The minimum atomic E-state index is -0.441. The lowest BCUT2D eigenvalue weighted by Gasteiger charge is -2.43. The van der Waals surface area contributed by atoms with Crippen molar-refractivity contribution in [2.45, 2.75) is 37.5 Å². The predicted octanol–water partition coefficient (Wildman–Crippen LogP) is 1.34. The van der Waals surface area contributed by atoms with Gasteiger partial charge in [-0.3, -0.25) is 9.88 Å². The molecule has 0 radical (unpaired) electrons. The molecular formula is C14H19FN2O2. The zero-order valence-electron chi connectivity index (χ0n) is 10.9. The van der Waals surface area contributed by atoms with Gasteiger partial charge in [0.05, 0.1) is 11.8 Å². The van der Waals surface area contributed by atoms with Crippen molar-refractivity contribution in [3.63, 3.8) is 0 Å². The van der Waals surface area contributed by atoms with Gasteiger partial charge in [-0.25, -0.2) is 4.39 Å². The Morgan fingerprint density at radius 2 is 2.47 bits per heavy atom. The van der Waals surface area contributed by atoms with Crippen LogP contribution in [0.5, 0.6) is 0 Å². The molecule has 1 N–H and O–H groups in total. The summed E-state index contributed by atoms with van der Waals surface area (Å²) in [5, 5.41) is 10.2. The van der Waals surface area contributed by atoms with Crippen LogP contribution >= 0.6 is 0 Å². The normalized spacial score (nSPS) is 32.0. The Hall–Kier alpha value is -1.04. The Bertz CT molecular complexity index is 449. The van der Waals surface area contributed by atoms with Crippen LogP contribution in [0.4, 0.5) is 4.39 Å². The van der Waals surface area contributed by atoms with Crippen LogP contribution in [0.1, 0.15) is 25.0 Å². The number of rotatable bonds is 2. The number of aliphatic hydroxyl groups excluding tert-OH is 1. The van der Waals surface area contributed by atoms with Gasteiger partial charge in [-0.15, -0.1) is 0 Å². The largest absolute Gasteiger partial charge is 0.390 e. The van der Waals surface area contributed by atoms with E-state index in [4.69, 9.17) is 4.74 Å². The molecule has 0 unspecified atom stereocenters. The van der Waals surface area contributed by atoms with Crippen molar-refractivity contribution in [1.82, 2.24) is 9.88 Å². The maximum Gasteiger partial charge on any atom is 0.146 e. The number of nitrogens with zero attached hydrogens (tertiary/aromatic N) is 2. The summed E-state index contributed by atoms with van der Waals surface area (Å²) >= 11 is 0. The van der Waals surface area contributed by atoms with Crippen molar-refractivity contribution in [2.24, 2.45) is 0 Å². The Labute approximate surface area is 112 Å². The molecule has 104 valence electrons. The molecule has 0 aromatic carbocycles. The lowest BCUT2D eigenvalue weighted by atomic mass is 9.87. The number of ether oxygens (including phenoxy) is 1. The molecule has 2 saturated heterocycles. The molecule has 1 aromatic heterocycles. The van der Waals surface area contributed by atoms with Gasteiger partial charge < -0.3 is 9.84 Å². The van der Waals surface area contributed by atoms with E-state index in [-0.39, 0.29) is 5.82 Å². The summed E-state index contributed by atoms with van der Waals surface area (Å²) in [7, 11) is 0. The summed E-state index contributed by atoms with van der Waals surface area (Å²) in [6, 6.07) is 3.03. The Balaban J connectivity index is 1.71. The van der Waals surface area contributed by atoms with Crippen LogP contribution in [0.3, 0.4) is 0 Å². The number of aromatic nitrogens is 1. The molecule has 2 aliphatic rings. The third-order valence-electron chi connectivity index (χ3n) is 4.16. The van der Waals surface area contributed by atoms with Gasteiger partial charge in [0.2, 0.25) is 0 Å². The highest BCUT2D eigenvalue weighted by Gasteiger charge is 2.46. The molecule has 2 fully saturated rings. The lowest BCUT2D eigenvalue weighted by Crippen LogP contribution is -2.56. The summed E-state index contributed by atoms with van der Waals surface area (Å²) < 4.78 is 19.4. The maximum absolute atomic E-state index is 13.6. The van der Waals surface area contributed by atoms with Gasteiger partial charge in [0, 0.05) is 32.4 Å². The van der Waals surface area contributed by atoms with E-state index < -0.39 is 11.7 Å². The van der Waals surface area contributed by atoms with Crippen molar-refractivity contribution < 1.29 is 14.2 Å². The van der Waals surface area contributed by atoms with Gasteiger partial charge in [-0.1, -0.05) is 0 Å². The molecule has 0 bridgehead atoms. The molecule has 0 aliphatic carbocycles. The number of pyridine rings is 1. The SMILES string of the molecule is O[C@H]1CCN(Cc2ncccc2F)C[C@@]12CCCO2. The van der Waals surface area contributed by atoms with E-state index in [1.807, 2.05) is 0 Å². The molecule has 1 aromatic rings. The fraction of sp³-hybridized carbons (Fsp3) is 0.643. The lowest BCUT2D eigenvalue weighted by molar-refractivity contribution is -0.132. The van der Waals surface area contributed by atoms with Crippen molar-refractivity contribution in [2.75, 3.05) is 19.7 Å². The van der Waals surface area contributed by atoms with E-state index >= 15 is 0 Å². The Kier molecular flexibility index (Phi) is 3.52. The van der Waals surface area contributed by atoms with E-state index in [0.29, 0.717) is 31.8 Å². The van der Waals surface area contributed by atoms with Gasteiger partial charge in [0.15, 0.2) is 0 Å². The second-order valence-electron chi connectivity index (χ2n) is 5.46. The van der Waals surface area contributed by atoms with Crippen LogP contribution in [0.25, 0.3) is 0 Å². The summed E-state index contributed by atoms with van der Waals surface area (Å²) in [6.07, 6.45) is 3.76. The minimum absolute atomic E-state index is 0.269. The van der Waals surface area contributed by atoms with E-state index in [1.165, 1.54) is 6.07 Å². The molecular weight excluding hydrogens is 247 g/mol. The highest BCUT2D eigenvalue weighted by molar-refractivity contribution is 5.08. The summed E-state index contributed by atoms with van der Waals surface area (Å²) in [5.74, 6) is -0.269. The number of likely N-dealkylation sites (tertiary alicyclic amines) is 1. The number of hydrogen-bond acceptors (Lipinski definition) is 4. The Morgan fingerprint density at radius 3 is 3.21 bits per heavy atom. The molecule has 19 heavy (non-hydrogen) atoms. The highest BCUT2D eigenvalue weighted by atomic mass is 19.1. The first-order valence-corrected chi connectivity index (χ1v) is 6.83. The van der Waals surface area contributed by atoms with E-state index in [2.05, 4.69) is 9.88 Å².